The van der Waals surface area contributed by atoms with Crippen molar-refractivity contribution in [2.45, 2.75) is 44.8 Å². The van der Waals surface area contributed by atoms with Gasteiger partial charge in [-0.3, -0.25) is 0 Å². The van der Waals surface area contributed by atoms with Crippen molar-refractivity contribution in [3.63, 3.8) is 0 Å². The third-order valence-electron chi connectivity index (χ3n) is 4.54. The Balaban J connectivity index is 1.75. The fourth-order valence-electron chi connectivity index (χ4n) is 3.41. The zero-order chi connectivity index (χ0) is 14.2. The second-order valence-corrected chi connectivity index (χ2v) is 6.61. The van der Waals surface area contributed by atoms with Crippen LogP contribution < -0.4 is 10.5 Å². The lowest BCUT2D eigenvalue weighted by Gasteiger charge is -2.28. The second-order valence-electron chi connectivity index (χ2n) is 6.18. The maximum atomic E-state index is 6.21. The molecule has 1 fully saturated rings. The lowest BCUT2D eigenvalue weighted by Crippen LogP contribution is -2.38. The normalized spacial score (nSPS) is 28.4. The summed E-state index contributed by atoms with van der Waals surface area (Å²) < 4.78 is 11.9. The Morgan fingerprint density at radius 1 is 1.50 bits per heavy atom. The molecule has 2 atom stereocenters. The molecule has 1 heterocycles. The third kappa shape index (κ3) is 2.67. The van der Waals surface area contributed by atoms with E-state index in [2.05, 4.69) is 6.92 Å². The Hall–Kier alpha value is -0.770. The third-order valence-corrected chi connectivity index (χ3v) is 4.76. The van der Waals surface area contributed by atoms with Gasteiger partial charge in [0.1, 0.15) is 5.75 Å². The number of halogens is 1. The molecule has 4 heteroatoms. The first-order valence-electron chi connectivity index (χ1n) is 7.40. The van der Waals surface area contributed by atoms with Crippen LogP contribution in [0.15, 0.2) is 12.1 Å². The lowest BCUT2D eigenvalue weighted by atomic mass is 10.0. The Kier molecular flexibility index (Phi) is 3.93. The van der Waals surface area contributed by atoms with E-state index in [1.807, 2.05) is 12.1 Å². The number of fused-ring (bicyclic) bond motifs is 1. The molecule has 1 saturated carbocycles. The van der Waals surface area contributed by atoms with E-state index in [-0.39, 0.29) is 5.60 Å². The van der Waals surface area contributed by atoms with Gasteiger partial charge in [-0.2, -0.15) is 0 Å². The van der Waals surface area contributed by atoms with E-state index < -0.39 is 0 Å². The van der Waals surface area contributed by atoms with E-state index in [9.17, 15) is 0 Å². The zero-order valence-electron chi connectivity index (χ0n) is 12.0. The molecule has 3 nitrogen and oxygen atoms in total. The van der Waals surface area contributed by atoms with Crippen LogP contribution >= 0.6 is 11.6 Å². The molecule has 20 heavy (non-hydrogen) atoms. The number of hydrogen-bond donors (Lipinski definition) is 1. The predicted octanol–water partition coefficient (Wildman–Crippen LogP) is 3.31. The molecule has 0 amide bonds. The molecule has 0 bridgehead atoms. The highest BCUT2D eigenvalue weighted by Crippen LogP contribution is 2.39. The van der Waals surface area contributed by atoms with Crippen molar-refractivity contribution >= 4 is 11.6 Å². The summed E-state index contributed by atoms with van der Waals surface area (Å²) in [4.78, 5) is 0. The fourth-order valence-corrected chi connectivity index (χ4v) is 3.67. The quantitative estimate of drug-likeness (QED) is 0.927. The van der Waals surface area contributed by atoms with Gasteiger partial charge in [-0.25, -0.2) is 0 Å². The van der Waals surface area contributed by atoms with E-state index in [1.54, 1.807) is 0 Å². The molecule has 0 radical (unpaired) electrons. The summed E-state index contributed by atoms with van der Waals surface area (Å²) in [5, 5.41) is 0.759. The van der Waals surface area contributed by atoms with Gasteiger partial charge in [-0.1, -0.05) is 18.5 Å². The molecule has 1 aliphatic heterocycles. The highest BCUT2D eigenvalue weighted by molar-refractivity contribution is 6.30. The van der Waals surface area contributed by atoms with Crippen LogP contribution in [0.5, 0.6) is 5.75 Å². The molecule has 0 aromatic heterocycles. The molecule has 1 aliphatic carbocycles. The van der Waals surface area contributed by atoms with Crippen LogP contribution in [0.4, 0.5) is 0 Å². The van der Waals surface area contributed by atoms with Gasteiger partial charge in [-0.05, 0) is 42.9 Å². The Morgan fingerprint density at radius 2 is 2.35 bits per heavy atom. The number of ether oxygens (including phenoxy) is 2. The van der Waals surface area contributed by atoms with Crippen molar-refractivity contribution in [3.8, 4) is 5.75 Å². The summed E-state index contributed by atoms with van der Waals surface area (Å²) in [6, 6.07) is 3.94. The maximum Gasteiger partial charge on any atom is 0.128 e. The van der Waals surface area contributed by atoms with Gasteiger partial charge in [0, 0.05) is 23.6 Å². The van der Waals surface area contributed by atoms with Gasteiger partial charge in [0.05, 0.1) is 18.8 Å². The molecule has 0 spiro atoms. The van der Waals surface area contributed by atoms with Crippen molar-refractivity contribution < 1.29 is 9.47 Å². The van der Waals surface area contributed by atoms with Crippen LogP contribution in [-0.4, -0.2) is 18.8 Å². The monoisotopic (exact) mass is 295 g/mol. The number of nitrogens with two attached hydrogens (primary N) is 1. The number of rotatable bonds is 4. The van der Waals surface area contributed by atoms with Gasteiger partial charge in [0.15, 0.2) is 0 Å². The van der Waals surface area contributed by atoms with Crippen molar-refractivity contribution in [2.75, 3.05) is 13.2 Å². The van der Waals surface area contributed by atoms with Crippen LogP contribution in [0.3, 0.4) is 0 Å². The van der Waals surface area contributed by atoms with Crippen LogP contribution in [-0.2, 0) is 17.8 Å². The minimum Gasteiger partial charge on any atom is -0.493 e. The Labute approximate surface area is 125 Å². The number of hydrogen-bond acceptors (Lipinski definition) is 3. The molecule has 2 N–H and O–H groups in total. The molecule has 1 aromatic rings. The zero-order valence-corrected chi connectivity index (χ0v) is 12.7. The molecular weight excluding hydrogens is 274 g/mol. The highest BCUT2D eigenvalue weighted by Gasteiger charge is 2.37. The van der Waals surface area contributed by atoms with Crippen LogP contribution in [0.25, 0.3) is 0 Å². The van der Waals surface area contributed by atoms with E-state index in [0.29, 0.717) is 19.1 Å². The summed E-state index contributed by atoms with van der Waals surface area (Å²) in [7, 11) is 0. The molecule has 2 aliphatic rings. The summed E-state index contributed by atoms with van der Waals surface area (Å²) in [5.41, 5.74) is 8.04. The van der Waals surface area contributed by atoms with Gasteiger partial charge in [-0.15, -0.1) is 0 Å². The standard InChI is InChI=1S/C16H22ClNO2/c1-11-2-4-16(8-11,10-18)20-9-13-7-14(17)6-12-3-5-19-15(12)13/h6-7,11H,2-5,8-10,18H2,1H3. The van der Waals surface area contributed by atoms with Gasteiger partial charge >= 0.3 is 0 Å². The van der Waals surface area contributed by atoms with Gasteiger partial charge < -0.3 is 15.2 Å². The van der Waals surface area contributed by atoms with Crippen LogP contribution in [0, 0.1) is 5.92 Å². The summed E-state index contributed by atoms with van der Waals surface area (Å²) in [6.07, 6.45) is 4.23. The average Bonchev–Trinajstić information content (AvgIpc) is 3.03. The minimum atomic E-state index is -0.160. The van der Waals surface area contributed by atoms with E-state index in [1.165, 1.54) is 12.0 Å². The van der Waals surface area contributed by atoms with Gasteiger partial charge in [0.2, 0.25) is 0 Å². The SMILES string of the molecule is CC1CCC(CN)(OCc2cc(Cl)cc3c2OCC3)C1. The molecule has 0 saturated heterocycles. The van der Waals surface area contributed by atoms with Gasteiger partial charge in [0.25, 0.3) is 0 Å². The summed E-state index contributed by atoms with van der Waals surface area (Å²) >= 11 is 6.18. The van der Waals surface area contributed by atoms with Crippen LogP contribution in [0.1, 0.15) is 37.3 Å². The summed E-state index contributed by atoms with van der Waals surface area (Å²) in [5.74, 6) is 1.66. The Morgan fingerprint density at radius 3 is 3.05 bits per heavy atom. The van der Waals surface area contributed by atoms with Crippen LogP contribution in [0.2, 0.25) is 5.02 Å². The largest absolute Gasteiger partial charge is 0.493 e. The maximum absolute atomic E-state index is 6.21. The van der Waals surface area contributed by atoms with Crippen molar-refractivity contribution in [1.29, 1.82) is 0 Å². The average molecular weight is 296 g/mol. The number of benzene rings is 1. The predicted molar refractivity (Wildman–Crippen MR) is 80.2 cm³/mol. The topological polar surface area (TPSA) is 44.5 Å². The van der Waals surface area contributed by atoms with E-state index in [0.717, 1.165) is 42.2 Å². The smallest absolute Gasteiger partial charge is 0.128 e. The second kappa shape index (κ2) is 5.55. The molecule has 2 unspecified atom stereocenters. The Bertz CT molecular complexity index is 505. The fraction of sp³-hybridized carbons (Fsp3) is 0.625. The highest BCUT2D eigenvalue weighted by atomic mass is 35.5. The molecule has 110 valence electrons. The first kappa shape index (κ1) is 14.2. The first-order chi connectivity index (χ1) is 9.62. The molecule has 1 aromatic carbocycles. The lowest BCUT2D eigenvalue weighted by molar-refractivity contribution is -0.0476. The van der Waals surface area contributed by atoms with Crippen molar-refractivity contribution in [3.05, 3.63) is 28.3 Å². The van der Waals surface area contributed by atoms with Crippen molar-refractivity contribution in [1.82, 2.24) is 0 Å². The van der Waals surface area contributed by atoms with E-state index >= 15 is 0 Å². The van der Waals surface area contributed by atoms with E-state index in [4.69, 9.17) is 26.8 Å². The first-order valence-corrected chi connectivity index (χ1v) is 7.78. The summed E-state index contributed by atoms with van der Waals surface area (Å²) in [6.45, 7) is 4.12. The molecular formula is C16H22ClNO2. The minimum absolute atomic E-state index is 0.160. The molecule has 3 rings (SSSR count). The van der Waals surface area contributed by atoms with Crippen molar-refractivity contribution in [2.24, 2.45) is 11.7 Å².